The molecule has 0 N–H and O–H groups in total. The first-order valence-corrected chi connectivity index (χ1v) is 6.83. The monoisotopic (exact) mass is 230 g/mol. The molecule has 2 unspecified atom stereocenters. The molecular formula is C16H22O. The van der Waals surface area contributed by atoms with Gasteiger partial charge in [0.05, 0.1) is 0 Å². The van der Waals surface area contributed by atoms with Crippen LogP contribution >= 0.6 is 0 Å². The summed E-state index contributed by atoms with van der Waals surface area (Å²) in [5, 5.41) is 0. The lowest BCUT2D eigenvalue weighted by Crippen LogP contribution is -2.20. The number of benzene rings is 1. The summed E-state index contributed by atoms with van der Waals surface area (Å²) in [7, 11) is 0. The van der Waals surface area contributed by atoms with Crippen molar-refractivity contribution in [3.05, 3.63) is 35.4 Å². The van der Waals surface area contributed by atoms with E-state index in [1.54, 1.807) is 0 Å². The first kappa shape index (κ1) is 12.3. The number of hydrogen-bond donors (Lipinski definition) is 0. The van der Waals surface area contributed by atoms with Crippen LogP contribution in [0.2, 0.25) is 0 Å². The van der Waals surface area contributed by atoms with Crippen LogP contribution in [-0.4, -0.2) is 5.78 Å². The zero-order chi connectivity index (χ0) is 12.3. The van der Waals surface area contributed by atoms with Crippen LogP contribution in [0, 0.1) is 5.92 Å². The SMILES string of the molecule is CCC(C)CC(=O)C1CCCc2ccccc21. The first-order chi connectivity index (χ1) is 8.22. The topological polar surface area (TPSA) is 17.1 Å². The maximum absolute atomic E-state index is 12.3. The van der Waals surface area contributed by atoms with Gasteiger partial charge in [-0.1, -0.05) is 44.5 Å². The van der Waals surface area contributed by atoms with Crippen molar-refractivity contribution in [3.8, 4) is 0 Å². The van der Waals surface area contributed by atoms with Crippen LogP contribution in [0.4, 0.5) is 0 Å². The third kappa shape index (κ3) is 2.77. The Morgan fingerprint density at radius 3 is 2.94 bits per heavy atom. The second-order valence-electron chi connectivity index (χ2n) is 5.33. The van der Waals surface area contributed by atoms with Crippen LogP contribution in [0.3, 0.4) is 0 Å². The Morgan fingerprint density at radius 2 is 2.18 bits per heavy atom. The van der Waals surface area contributed by atoms with Crippen LogP contribution in [0.25, 0.3) is 0 Å². The number of aryl methyl sites for hydroxylation is 1. The van der Waals surface area contributed by atoms with Gasteiger partial charge in [-0.2, -0.15) is 0 Å². The van der Waals surface area contributed by atoms with Crippen molar-refractivity contribution in [2.24, 2.45) is 5.92 Å². The predicted molar refractivity (Wildman–Crippen MR) is 71.2 cm³/mol. The highest BCUT2D eigenvalue weighted by Gasteiger charge is 2.26. The Labute approximate surface area is 104 Å². The van der Waals surface area contributed by atoms with Gasteiger partial charge in [0.15, 0.2) is 0 Å². The minimum Gasteiger partial charge on any atom is -0.299 e. The molecule has 2 rings (SSSR count). The fourth-order valence-corrected chi connectivity index (χ4v) is 2.72. The summed E-state index contributed by atoms with van der Waals surface area (Å²) in [6.45, 7) is 4.33. The van der Waals surface area contributed by atoms with E-state index in [4.69, 9.17) is 0 Å². The lowest BCUT2D eigenvalue weighted by atomic mass is 9.78. The van der Waals surface area contributed by atoms with Gasteiger partial charge >= 0.3 is 0 Å². The predicted octanol–water partition coefficient (Wildman–Crippen LogP) is 4.11. The molecule has 0 aliphatic heterocycles. The molecule has 0 bridgehead atoms. The Bertz CT molecular complexity index is 394. The van der Waals surface area contributed by atoms with Gasteiger partial charge in [0.25, 0.3) is 0 Å². The van der Waals surface area contributed by atoms with Gasteiger partial charge in [-0.05, 0) is 36.3 Å². The number of rotatable bonds is 4. The number of ketones is 1. The van der Waals surface area contributed by atoms with E-state index in [9.17, 15) is 4.79 Å². The molecule has 0 saturated heterocycles. The summed E-state index contributed by atoms with van der Waals surface area (Å²) >= 11 is 0. The Morgan fingerprint density at radius 1 is 1.41 bits per heavy atom. The molecule has 1 aromatic rings. The molecule has 0 radical (unpaired) electrons. The lowest BCUT2D eigenvalue weighted by molar-refractivity contribution is -0.121. The fourth-order valence-electron chi connectivity index (χ4n) is 2.72. The van der Waals surface area contributed by atoms with E-state index in [2.05, 4.69) is 38.1 Å². The third-order valence-corrected chi connectivity index (χ3v) is 4.00. The van der Waals surface area contributed by atoms with Crippen molar-refractivity contribution in [1.82, 2.24) is 0 Å². The molecule has 1 nitrogen and oxygen atoms in total. The first-order valence-electron chi connectivity index (χ1n) is 6.83. The largest absolute Gasteiger partial charge is 0.299 e. The van der Waals surface area contributed by atoms with E-state index in [-0.39, 0.29) is 5.92 Å². The maximum Gasteiger partial charge on any atom is 0.140 e. The average molecular weight is 230 g/mol. The van der Waals surface area contributed by atoms with Crippen molar-refractivity contribution >= 4 is 5.78 Å². The quantitative estimate of drug-likeness (QED) is 0.760. The van der Waals surface area contributed by atoms with E-state index < -0.39 is 0 Å². The third-order valence-electron chi connectivity index (χ3n) is 4.00. The summed E-state index contributed by atoms with van der Waals surface area (Å²) in [5.41, 5.74) is 2.69. The molecule has 2 atom stereocenters. The molecule has 17 heavy (non-hydrogen) atoms. The minimum atomic E-state index is 0.175. The number of Topliss-reactive ketones (excluding diaryl/α,β-unsaturated/α-hetero) is 1. The highest BCUT2D eigenvalue weighted by Crippen LogP contribution is 2.33. The molecular weight excluding hydrogens is 208 g/mol. The highest BCUT2D eigenvalue weighted by molar-refractivity contribution is 5.86. The lowest BCUT2D eigenvalue weighted by Gasteiger charge is -2.25. The van der Waals surface area contributed by atoms with E-state index in [1.807, 2.05) is 0 Å². The number of fused-ring (bicyclic) bond motifs is 1. The van der Waals surface area contributed by atoms with Crippen molar-refractivity contribution in [1.29, 1.82) is 0 Å². The second-order valence-corrected chi connectivity index (χ2v) is 5.33. The van der Waals surface area contributed by atoms with Gasteiger partial charge in [0, 0.05) is 12.3 Å². The van der Waals surface area contributed by atoms with Gasteiger partial charge in [0.1, 0.15) is 5.78 Å². The van der Waals surface area contributed by atoms with Crippen molar-refractivity contribution in [2.75, 3.05) is 0 Å². The van der Waals surface area contributed by atoms with Gasteiger partial charge in [0.2, 0.25) is 0 Å². The molecule has 0 amide bonds. The molecule has 0 spiro atoms. The Balaban J connectivity index is 2.15. The van der Waals surface area contributed by atoms with E-state index in [0.29, 0.717) is 11.7 Å². The Kier molecular flexibility index (Phi) is 3.98. The highest BCUT2D eigenvalue weighted by atomic mass is 16.1. The molecule has 92 valence electrons. The molecule has 1 aliphatic rings. The summed E-state index contributed by atoms with van der Waals surface area (Å²) in [6, 6.07) is 8.47. The summed E-state index contributed by atoms with van der Waals surface area (Å²) < 4.78 is 0. The van der Waals surface area contributed by atoms with Crippen molar-refractivity contribution in [3.63, 3.8) is 0 Å². The van der Waals surface area contributed by atoms with Crippen LogP contribution < -0.4 is 0 Å². The fraction of sp³-hybridized carbons (Fsp3) is 0.562. The molecule has 0 heterocycles. The van der Waals surface area contributed by atoms with Gasteiger partial charge in [-0.3, -0.25) is 4.79 Å². The number of hydrogen-bond acceptors (Lipinski definition) is 1. The Hall–Kier alpha value is -1.11. The number of carbonyl (C=O) groups excluding carboxylic acids is 1. The van der Waals surface area contributed by atoms with E-state index >= 15 is 0 Å². The average Bonchev–Trinajstić information content (AvgIpc) is 2.37. The normalized spacial score (nSPS) is 20.7. The van der Waals surface area contributed by atoms with Gasteiger partial charge in [-0.15, -0.1) is 0 Å². The summed E-state index contributed by atoms with van der Waals surface area (Å²) in [4.78, 5) is 12.3. The van der Waals surface area contributed by atoms with Crippen LogP contribution in [0.15, 0.2) is 24.3 Å². The van der Waals surface area contributed by atoms with E-state index in [1.165, 1.54) is 11.1 Å². The molecule has 1 heteroatoms. The molecule has 1 aromatic carbocycles. The minimum absolute atomic E-state index is 0.175. The molecule has 0 aromatic heterocycles. The van der Waals surface area contributed by atoms with Crippen molar-refractivity contribution in [2.45, 2.75) is 51.9 Å². The molecule has 1 aliphatic carbocycles. The van der Waals surface area contributed by atoms with E-state index in [0.717, 1.165) is 32.1 Å². The smallest absolute Gasteiger partial charge is 0.140 e. The van der Waals surface area contributed by atoms with Gasteiger partial charge in [-0.25, -0.2) is 0 Å². The number of carbonyl (C=O) groups is 1. The summed E-state index contributed by atoms with van der Waals surface area (Å²) in [5.74, 6) is 1.15. The molecule has 0 fully saturated rings. The van der Waals surface area contributed by atoms with Crippen LogP contribution in [0.1, 0.15) is 56.6 Å². The zero-order valence-corrected chi connectivity index (χ0v) is 10.9. The zero-order valence-electron chi connectivity index (χ0n) is 10.9. The standard InChI is InChI=1S/C16H22O/c1-3-12(2)11-16(17)15-10-6-8-13-7-4-5-9-14(13)15/h4-5,7,9,12,15H,3,6,8,10-11H2,1-2H3. The van der Waals surface area contributed by atoms with Crippen molar-refractivity contribution < 1.29 is 4.79 Å². The van der Waals surface area contributed by atoms with Crippen LogP contribution in [0.5, 0.6) is 0 Å². The maximum atomic E-state index is 12.3. The second kappa shape index (κ2) is 5.48. The van der Waals surface area contributed by atoms with Gasteiger partial charge < -0.3 is 0 Å². The molecule has 0 saturated carbocycles. The van der Waals surface area contributed by atoms with Crippen LogP contribution in [-0.2, 0) is 11.2 Å². The summed E-state index contributed by atoms with van der Waals surface area (Å²) in [6.07, 6.45) is 5.19.